The molecule has 3 rings (SSSR count). The fraction of sp³-hybridized carbons (Fsp3) is 0.500. The van der Waals surface area contributed by atoms with Gasteiger partial charge in [0.25, 0.3) is 5.56 Å². The van der Waals surface area contributed by atoms with Gasteiger partial charge in [0.2, 0.25) is 0 Å². The van der Waals surface area contributed by atoms with Gasteiger partial charge in [-0.15, -0.1) is 0 Å². The van der Waals surface area contributed by atoms with Gasteiger partial charge < -0.3 is 9.30 Å². The first-order chi connectivity index (χ1) is 13.3. The minimum atomic E-state index is -0.685. The molecule has 0 fully saturated rings. The molecule has 0 N–H and O–H groups in total. The molecule has 3 heterocycles. The number of fused-ring (bicyclic) bond motifs is 1. The minimum Gasteiger partial charge on any atom is -0.383 e. The maximum Gasteiger partial charge on any atom is 0.331 e. The molecule has 0 saturated carbocycles. The molecule has 0 amide bonds. The number of carbonyl (C=O) groups is 1. The summed E-state index contributed by atoms with van der Waals surface area (Å²) in [6, 6.07) is 3.72. The van der Waals surface area contributed by atoms with Crippen LogP contribution in [0.4, 0.5) is 0 Å². The van der Waals surface area contributed by atoms with Gasteiger partial charge in [-0.2, -0.15) is 5.26 Å². The topological polar surface area (TPSA) is 99.0 Å². The molecule has 2 aromatic rings. The molecular formula is C20H24N4O4. The third-order valence-corrected chi connectivity index (χ3v) is 5.38. The highest BCUT2D eigenvalue weighted by atomic mass is 16.5. The van der Waals surface area contributed by atoms with Crippen molar-refractivity contribution in [2.24, 2.45) is 0 Å². The number of Topliss-reactive ketones (excluding diaryl/α,β-unsaturated/α-hetero) is 1. The lowest BCUT2D eigenvalue weighted by atomic mass is 10.1. The zero-order valence-corrected chi connectivity index (χ0v) is 16.6. The van der Waals surface area contributed by atoms with Gasteiger partial charge in [0.1, 0.15) is 11.6 Å². The average molecular weight is 384 g/mol. The molecule has 1 atom stereocenters. The predicted octanol–water partition coefficient (Wildman–Crippen LogP) is 1.34. The monoisotopic (exact) mass is 384 g/mol. The van der Waals surface area contributed by atoms with Crippen LogP contribution >= 0.6 is 0 Å². The summed E-state index contributed by atoms with van der Waals surface area (Å²) < 4.78 is 9.55. The number of aryl methyl sites for hydroxylation is 1. The van der Waals surface area contributed by atoms with E-state index in [0.717, 1.165) is 16.0 Å². The highest BCUT2D eigenvalue weighted by Gasteiger charge is 2.25. The van der Waals surface area contributed by atoms with Crippen LogP contribution in [0.25, 0.3) is 0 Å². The van der Waals surface area contributed by atoms with E-state index in [4.69, 9.17) is 4.74 Å². The molecule has 0 saturated heterocycles. The van der Waals surface area contributed by atoms with Crippen molar-refractivity contribution in [3.05, 3.63) is 55.1 Å². The lowest BCUT2D eigenvalue weighted by Gasteiger charge is -2.17. The second-order valence-electron chi connectivity index (χ2n) is 7.24. The van der Waals surface area contributed by atoms with Crippen LogP contribution in [0.5, 0.6) is 0 Å². The first-order valence-electron chi connectivity index (χ1n) is 9.29. The van der Waals surface area contributed by atoms with E-state index in [0.29, 0.717) is 37.3 Å². The van der Waals surface area contributed by atoms with Gasteiger partial charge in [0, 0.05) is 36.3 Å². The molecular weight excluding hydrogens is 360 g/mol. The molecule has 0 aromatic carbocycles. The standard InChI is InChI=1S/C20H24N4O4/c1-12-8-15(14(3)24(12)13(2)11-28-4)18(25)10-23-19(26)16(9-21)17-6-5-7-22(17)20(23)27/h8,13H,5-7,10-11H2,1-4H3/t13-/m1/s1. The van der Waals surface area contributed by atoms with Crippen LogP contribution in [-0.4, -0.2) is 33.2 Å². The van der Waals surface area contributed by atoms with Gasteiger partial charge in [-0.1, -0.05) is 0 Å². The molecule has 0 unspecified atom stereocenters. The molecule has 8 nitrogen and oxygen atoms in total. The van der Waals surface area contributed by atoms with E-state index in [-0.39, 0.29) is 23.9 Å². The van der Waals surface area contributed by atoms with Crippen LogP contribution in [0.2, 0.25) is 0 Å². The average Bonchev–Trinajstić information content (AvgIpc) is 3.24. The van der Waals surface area contributed by atoms with E-state index < -0.39 is 11.2 Å². The Morgan fingerprint density at radius 3 is 2.71 bits per heavy atom. The summed E-state index contributed by atoms with van der Waals surface area (Å²) in [5.41, 5.74) is 1.37. The minimum absolute atomic E-state index is 0.0379. The normalized spacial score (nSPS) is 14.0. The molecule has 28 heavy (non-hydrogen) atoms. The number of hydrogen-bond donors (Lipinski definition) is 0. The highest BCUT2D eigenvalue weighted by molar-refractivity contribution is 5.97. The summed E-state index contributed by atoms with van der Waals surface area (Å²) in [6.45, 7) is 6.32. The summed E-state index contributed by atoms with van der Waals surface area (Å²) in [5, 5.41) is 9.37. The molecule has 1 aliphatic heterocycles. The molecule has 0 radical (unpaired) electrons. The number of hydrogen-bond acceptors (Lipinski definition) is 5. The van der Waals surface area contributed by atoms with Gasteiger partial charge in [-0.25, -0.2) is 4.79 Å². The van der Waals surface area contributed by atoms with Crippen LogP contribution in [0.1, 0.15) is 52.4 Å². The fourth-order valence-corrected chi connectivity index (χ4v) is 4.17. The van der Waals surface area contributed by atoms with E-state index in [1.165, 1.54) is 4.57 Å². The Morgan fingerprint density at radius 2 is 2.07 bits per heavy atom. The van der Waals surface area contributed by atoms with Crippen molar-refractivity contribution < 1.29 is 9.53 Å². The maximum absolute atomic E-state index is 12.9. The van der Waals surface area contributed by atoms with Crippen molar-refractivity contribution in [2.75, 3.05) is 13.7 Å². The Kier molecular flexibility index (Phi) is 5.38. The number of ketones is 1. The zero-order chi connectivity index (χ0) is 20.6. The molecule has 2 aromatic heterocycles. The highest BCUT2D eigenvalue weighted by Crippen LogP contribution is 2.21. The van der Waals surface area contributed by atoms with Crippen molar-refractivity contribution in [2.45, 2.75) is 52.7 Å². The van der Waals surface area contributed by atoms with Crippen molar-refractivity contribution in [1.82, 2.24) is 13.7 Å². The zero-order valence-electron chi connectivity index (χ0n) is 16.6. The molecule has 0 bridgehead atoms. The molecule has 148 valence electrons. The Balaban J connectivity index is 2.02. The van der Waals surface area contributed by atoms with E-state index in [2.05, 4.69) is 0 Å². The molecule has 0 aliphatic carbocycles. The van der Waals surface area contributed by atoms with E-state index in [9.17, 15) is 19.6 Å². The van der Waals surface area contributed by atoms with E-state index in [1.54, 1.807) is 13.2 Å². The maximum atomic E-state index is 12.9. The van der Waals surface area contributed by atoms with Crippen molar-refractivity contribution >= 4 is 5.78 Å². The van der Waals surface area contributed by atoms with Gasteiger partial charge in [-0.3, -0.25) is 18.7 Å². The van der Waals surface area contributed by atoms with Crippen LogP contribution in [0, 0.1) is 25.2 Å². The SMILES string of the molecule is COC[C@@H](C)n1c(C)cc(C(=O)Cn2c(=O)c(C#N)c3n(c2=O)CCC3)c1C. The molecule has 0 spiro atoms. The van der Waals surface area contributed by atoms with Crippen molar-refractivity contribution in [3.63, 3.8) is 0 Å². The predicted molar refractivity (Wildman–Crippen MR) is 103 cm³/mol. The lowest BCUT2D eigenvalue weighted by molar-refractivity contribution is 0.0967. The van der Waals surface area contributed by atoms with Crippen LogP contribution in [0.15, 0.2) is 15.7 Å². The smallest absolute Gasteiger partial charge is 0.331 e. The second-order valence-corrected chi connectivity index (χ2v) is 7.24. The van der Waals surface area contributed by atoms with Gasteiger partial charge in [0.05, 0.1) is 19.2 Å². The summed E-state index contributed by atoms with van der Waals surface area (Å²) in [7, 11) is 1.62. The lowest BCUT2D eigenvalue weighted by Crippen LogP contribution is -2.43. The van der Waals surface area contributed by atoms with Crippen molar-refractivity contribution in [1.29, 1.82) is 5.26 Å². The van der Waals surface area contributed by atoms with Crippen LogP contribution < -0.4 is 11.2 Å². The second kappa shape index (κ2) is 7.60. The van der Waals surface area contributed by atoms with E-state index in [1.807, 2.05) is 31.4 Å². The first kappa shape index (κ1) is 19.8. The number of ether oxygens (including phenoxy) is 1. The number of methoxy groups -OCH3 is 1. The largest absolute Gasteiger partial charge is 0.383 e. The summed E-state index contributed by atoms with van der Waals surface area (Å²) >= 11 is 0. The Hall–Kier alpha value is -2.92. The van der Waals surface area contributed by atoms with Crippen LogP contribution in [-0.2, 0) is 24.2 Å². The number of aromatic nitrogens is 3. The third kappa shape index (κ3) is 3.12. The summed E-state index contributed by atoms with van der Waals surface area (Å²) in [4.78, 5) is 38.3. The third-order valence-electron chi connectivity index (χ3n) is 5.38. The Bertz CT molecular complexity index is 1100. The van der Waals surface area contributed by atoms with E-state index >= 15 is 0 Å². The number of rotatable bonds is 6. The fourth-order valence-electron chi connectivity index (χ4n) is 4.17. The number of nitriles is 1. The molecule has 8 heteroatoms. The number of carbonyl (C=O) groups excluding carboxylic acids is 1. The van der Waals surface area contributed by atoms with Gasteiger partial charge in [-0.05, 0) is 39.7 Å². The van der Waals surface area contributed by atoms with Gasteiger partial charge in [0.15, 0.2) is 5.78 Å². The summed E-state index contributed by atoms with van der Waals surface area (Å²) in [6.07, 6.45) is 1.24. The van der Waals surface area contributed by atoms with Crippen LogP contribution in [0.3, 0.4) is 0 Å². The Labute approximate surface area is 162 Å². The Morgan fingerprint density at radius 1 is 1.36 bits per heavy atom. The van der Waals surface area contributed by atoms with Crippen molar-refractivity contribution in [3.8, 4) is 6.07 Å². The summed E-state index contributed by atoms with van der Waals surface area (Å²) in [5.74, 6) is -0.328. The number of nitrogens with zero attached hydrogens (tertiary/aromatic N) is 4. The quantitative estimate of drug-likeness (QED) is 0.700. The van der Waals surface area contributed by atoms with Gasteiger partial charge >= 0.3 is 5.69 Å². The molecule has 1 aliphatic rings. The first-order valence-corrected chi connectivity index (χ1v) is 9.29.